The molecule has 0 radical (unpaired) electrons. The highest BCUT2D eigenvalue weighted by Gasteiger charge is 2.06. The van der Waals surface area contributed by atoms with Crippen LogP contribution in [0.5, 0.6) is 0 Å². The van der Waals surface area contributed by atoms with Gasteiger partial charge in [0.2, 0.25) is 0 Å². The van der Waals surface area contributed by atoms with Gasteiger partial charge in [-0.3, -0.25) is 4.90 Å². The van der Waals surface area contributed by atoms with E-state index in [1.54, 1.807) is 0 Å². The molecule has 0 aliphatic heterocycles. The Kier molecular flexibility index (Phi) is 7.37. The number of hydrogen-bond donors (Lipinski definition) is 2. The summed E-state index contributed by atoms with van der Waals surface area (Å²) >= 11 is 0. The third kappa shape index (κ3) is 5.47. The molecule has 1 aromatic rings. The van der Waals surface area contributed by atoms with Crippen molar-refractivity contribution in [3.8, 4) is 0 Å². The van der Waals surface area contributed by atoms with Crippen molar-refractivity contribution < 1.29 is 0 Å². The number of nitrogen functional groups attached to an aromatic ring is 1. The fourth-order valence-electron chi connectivity index (χ4n) is 1.91. The van der Waals surface area contributed by atoms with Gasteiger partial charge in [-0.15, -0.1) is 0 Å². The van der Waals surface area contributed by atoms with Crippen LogP contribution >= 0.6 is 0 Å². The Bertz CT molecular complexity index is 319. The standard InChI is InChI=1S/C14H26N4/c1-3-5-10-18(11-6-4-2)12-13-8-7-9-14(16-13)17-15/h7-9H,3-6,10-12,15H2,1-2H3,(H,16,17). The predicted octanol–water partition coefficient (Wildman–Crippen LogP) is 2.77. The molecule has 4 heteroatoms. The molecule has 0 spiro atoms. The Labute approximate surface area is 111 Å². The van der Waals surface area contributed by atoms with Crippen LogP contribution in [0.25, 0.3) is 0 Å². The summed E-state index contributed by atoms with van der Waals surface area (Å²) in [7, 11) is 0. The van der Waals surface area contributed by atoms with E-state index in [2.05, 4.69) is 35.2 Å². The number of unbranched alkanes of at least 4 members (excludes halogenated alkanes) is 2. The van der Waals surface area contributed by atoms with E-state index >= 15 is 0 Å². The van der Waals surface area contributed by atoms with Crippen molar-refractivity contribution in [1.29, 1.82) is 0 Å². The van der Waals surface area contributed by atoms with Gasteiger partial charge in [0, 0.05) is 6.54 Å². The molecule has 4 nitrogen and oxygen atoms in total. The summed E-state index contributed by atoms with van der Waals surface area (Å²) in [5.41, 5.74) is 3.68. The Morgan fingerprint density at radius 3 is 2.39 bits per heavy atom. The number of nitrogens with two attached hydrogens (primary N) is 1. The van der Waals surface area contributed by atoms with E-state index < -0.39 is 0 Å². The molecule has 3 N–H and O–H groups in total. The molecule has 0 saturated carbocycles. The molecule has 0 aliphatic carbocycles. The first-order valence-electron chi connectivity index (χ1n) is 6.95. The smallest absolute Gasteiger partial charge is 0.140 e. The van der Waals surface area contributed by atoms with Crippen molar-refractivity contribution in [2.75, 3.05) is 18.5 Å². The fraction of sp³-hybridized carbons (Fsp3) is 0.643. The lowest BCUT2D eigenvalue weighted by molar-refractivity contribution is 0.254. The van der Waals surface area contributed by atoms with Crippen LogP contribution in [0.4, 0.5) is 5.82 Å². The van der Waals surface area contributed by atoms with Gasteiger partial charge in [-0.25, -0.2) is 10.8 Å². The fourth-order valence-corrected chi connectivity index (χ4v) is 1.91. The van der Waals surface area contributed by atoms with Crippen LogP contribution in [0.2, 0.25) is 0 Å². The number of nitrogens with one attached hydrogen (secondary N) is 1. The molecule has 18 heavy (non-hydrogen) atoms. The van der Waals surface area contributed by atoms with Crippen LogP contribution in [0.15, 0.2) is 18.2 Å². The van der Waals surface area contributed by atoms with Crippen LogP contribution in [0.3, 0.4) is 0 Å². The van der Waals surface area contributed by atoms with Gasteiger partial charge in [0.1, 0.15) is 5.82 Å². The summed E-state index contributed by atoms with van der Waals surface area (Å²) in [4.78, 5) is 6.95. The Morgan fingerprint density at radius 1 is 1.17 bits per heavy atom. The summed E-state index contributed by atoms with van der Waals surface area (Å²) in [6.45, 7) is 7.68. The molecular formula is C14H26N4. The van der Waals surface area contributed by atoms with Crippen LogP contribution in [0, 0.1) is 0 Å². The van der Waals surface area contributed by atoms with Crippen LogP contribution in [-0.2, 0) is 6.54 Å². The maximum Gasteiger partial charge on any atom is 0.140 e. The normalized spacial score (nSPS) is 10.9. The molecule has 0 aromatic carbocycles. The molecule has 1 aromatic heterocycles. The molecule has 0 unspecified atom stereocenters. The first-order valence-corrected chi connectivity index (χ1v) is 6.95. The van der Waals surface area contributed by atoms with Gasteiger partial charge < -0.3 is 5.43 Å². The molecule has 102 valence electrons. The minimum atomic E-state index is 0.735. The van der Waals surface area contributed by atoms with E-state index in [-0.39, 0.29) is 0 Å². The summed E-state index contributed by atoms with van der Waals surface area (Å²) in [5, 5.41) is 0. The van der Waals surface area contributed by atoms with Crippen LogP contribution in [0.1, 0.15) is 45.2 Å². The maximum atomic E-state index is 5.38. The number of nitrogens with zero attached hydrogens (tertiary/aromatic N) is 2. The number of anilines is 1. The number of hydrogen-bond acceptors (Lipinski definition) is 4. The van der Waals surface area contributed by atoms with E-state index in [9.17, 15) is 0 Å². The van der Waals surface area contributed by atoms with E-state index in [1.165, 1.54) is 25.7 Å². The summed E-state index contributed by atoms with van der Waals surface area (Å²) in [6, 6.07) is 5.94. The van der Waals surface area contributed by atoms with Gasteiger partial charge in [-0.1, -0.05) is 32.8 Å². The lowest BCUT2D eigenvalue weighted by atomic mass is 10.2. The SMILES string of the molecule is CCCCN(CCCC)Cc1cccc(NN)n1. The highest BCUT2D eigenvalue weighted by Crippen LogP contribution is 2.08. The maximum absolute atomic E-state index is 5.38. The zero-order valence-electron chi connectivity index (χ0n) is 11.7. The molecule has 1 heterocycles. The third-order valence-corrected chi connectivity index (χ3v) is 3.00. The van der Waals surface area contributed by atoms with Crippen LogP contribution in [-0.4, -0.2) is 23.0 Å². The Hall–Kier alpha value is -1.13. The lowest BCUT2D eigenvalue weighted by Crippen LogP contribution is -2.26. The molecule has 0 bridgehead atoms. The predicted molar refractivity (Wildman–Crippen MR) is 77.1 cm³/mol. The van der Waals surface area contributed by atoms with Gasteiger partial charge in [0.15, 0.2) is 0 Å². The topological polar surface area (TPSA) is 54.2 Å². The summed E-state index contributed by atoms with van der Waals surface area (Å²) in [5.74, 6) is 6.12. The highest BCUT2D eigenvalue weighted by atomic mass is 15.3. The molecular weight excluding hydrogens is 224 g/mol. The minimum absolute atomic E-state index is 0.735. The lowest BCUT2D eigenvalue weighted by Gasteiger charge is -2.21. The first kappa shape index (κ1) is 14.9. The van der Waals surface area contributed by atoms with Crippen molar-refractivity contribution in [3.63, 3.8) is 0 Å². The molecule has 0 saturated heterocycles. The monoisotopic (exact) mass is 250 g/mol. The molecule has 0 amide bonds. The van der Waals surface area contributed by atoms with Crippen molar-refractivity contribution in [3.05, 3.63) is 23.9 Å². The Morgan fingerprint density at radius 2 is 1.83 bits per heavy atom. The quantitative estimate of drug-likeness (QED) is 0.523. The van der Waals surface area contributed by atoms with E-state index in [0.29, 0.717) is 0 Å². The molecule has 0 atom stereocenters. The molecule has 0 fully saturated rings. The van der Waals surface area contributed by atoms with E-state index in [4.69, 9.17) is 5.84 Å². The van der Waals surface area contributed by atoms with Crippen molar-refractivity contribution in [1.82, 2.24) is 9.88 Å². The highest BCUT2D eigenvalue weighted by molar-refractivity contribution is 5.33. The largest absolute Gasteiger partial charge is 0.308 e. The van der Waals surface area contributed by atoms with Gasteiger partial charge in [0.25, 0.3) is 0 Å². The number of aromatic nitrogens is 1. The zero-order chi connectivity index (χ0) is 13.2. The average molecular weight is 250 g/mol. The molecule has 1 rings (SSSR count). The van der Waals surface area contributed by atoms with Crippen molar-refractivity contribution in [2.24, 2.45) is 5.84 Å². The van der Waals surface area contributed by atoms with Gasteiger partial charge in [0.05, 0.1) is 5.69 Å². The van der Waals surface area contributed by atoms with E-state index in [1.807, 2.05) is 12.1 Å². The summed E-state index contributed by atoms with van der Waals surface area (Å²) in [6.07, 6.45) is 4.97. The number of hydrazine groups is 1. The second-order valence-electron chi connectivity index (χ2n) is 4.64. The number of rotatable bonds is 9. The Balaban J connectivity index is 2.56. The van der Waals surface area contributed by atoms with Gasteiger partial charge in [-0.2, -0.15) is 0 Å². The second kappa shape index (κ2) is 8.89. The minimum Gasteiger partial charge on any atom is -0.308 e. The first-order chi connectivity index (χ1) is 8.80. The summed E-state index contributed by atoms with van der Waals surface area (Å²) < 4.78 is 0. The average Bonchev–Trinajstić information content (AvgIpc) is 2.42. The van der Waals surface area contributed by atoms with Crippen LogP contribution < -0.4 is 11.3 Å². The zero-order valence-corrected chi connectivity index (χ0v) is 11.7. The van der Waals surface area contributed by atoms with Crippen molar-refractivity contribution in [2.45, 2.75) is 46.1 Å². The number of pyridine rings is 1. The van der Waals surface area contributed by atoms with Crippen molar-refractivity contribution >= 4 is 5.82 Å². The molecule has 0 aliphatic rings. The van der Waals surface area contributed by atoms with E-state index in [0.717, 1.165) is 31.1 Å². The second-order valence-corrected chi connectivity index (χ2v) is 4.64. The third-order valence-electron chi connectivity index (χ3n) is 3.00. The van der Waals surface area contributed by atoms with Gasteiger partial charge in [-0.05, 0) is 38.1 Å². The van der Waals surface area contributed by atoms with Gasteiger partial charge >= 0.3 is 0 Å².